The van der Waals surface area contributed by atoms with Crippen LogP contribution in [0.25, 0.3) is 0 Å². The molecule has 1 N–H and O–H groups in total. The Hall–Kier alpha value is -1.38. The van der Waals surface area contributed by atoms with Gasteiger partial charge >= 0.3 is 0 Å². The third kappa shape index (κ3) is 3.81. The van der Waals surface area contributed by atoms with Gasteiger partial charge in [-0.3, -0.25) is 0 Å². The second kappa shape index (κ2) is 6.87. The molecule has 0 aliphatic carbocycles. The van der Waals surface area contributed by atoms with Crippen LogP contribution in [0.5, 0.6) is 0 Å². The van der Waals surface area contributed by atoms with Gasteiger partial charge in [-0.05, 0) is 55.6 Å². The van der Waals surface area contributed by atoms with E-state index in [-0.39, 0.29) is 11.9 Å². The second-order valence-electron chi connectivity index (χ2n) is 5.06. The van der Waals surface area contributed by atoms with Gasteiger partial charge in [0.1, 0.15) is 5.82 Å². The monoisotopic (exact) mass is 291 g/mol. The van der Waals surface area contributed by atoms with E-state index in [1.165, 1.54) is 17.2 Å². The van der Waals surface area contributed by atoms with Crippen LogP contribution in [-0.2, 0) is 12.8 Å². The molecule has 0 fully saturated rings. The summed E-state index contributed by atoms with van der Waals surface area (Å²) >= 11 is 5.78. The molecule has 0 aromatic heterocycles. The highest BCUT2D eigenvalue weighted by Gasteiger charge is 2.12. The molecular formula is C17H19ClFN. The number of hydrogen-bond donors (Lipinski definition) is 1. The van der Waals surface area contributed by atoms with E-state index in [0.29, 0.717) is 17.0 Å². The first-order valence-electron chi connectivity index (χ1n) is 6.76. The fourth-order valence-corrected chi connectivity index (χ4v) is 2.49. The van der Waals surface area contributed by atoms with Crippen LogP contribution in [0.4, 0.5) is 4.39 Å². The topological polar surface area (TPSA) is 12.0 Å². The molecule has 2 rings (SSSR count). The molecule has 106 valence electrons. The van der Waals surface area contributed by atoms with Gasteiger partial charge in [0.05, 0.1) is 0 Å². The summed E-state index contributed by atoms with van der Waals surface area (Å²) in [6.45, 7) is 2.10. The molecule has 1 nitrogen and oxygen atoms in total. The zero-order valence-electron chi connectivity index (χ0n) is 11.8. The van der Waals surface area contributed by atoms with Crippen LogP contribution in [0.2, 0.25) is 5.02 Å². The number of rotatable bonds is 5. The Morgan fingerprint density at radius 1 is 1.10 bits per heavy atom. The third-order valence-electron chi connectivity index (χ3n) is 3.62. The van der Waals surface area contributed by atoms with Crippen LogP contribution >= 0.6 is 11.6 Å². The summed E-state index contributed by atoms with van der Waals surface area (Å²) in [4.78, 5) is 0. The van der Waals surface area contributed by atoms with E-state index in [0.717, 1.165) is 6.42 Å². The number of benzene rings is 2. The minimum atomic E-state index is -0.234. The van der Waals surface area contributed by atoms with E-state index < -0.39 is 0 Å². The lowest BCUT2D eigenvalue weighted by Gasteiger charge is -2.18. The van der Waals surface area contributed by atoms with Crippen molar-refractivity contribution in [1.29, 1.82) is 0 Å². The Bertz CT molecular complexity index is 583. The average molecular weight is 292 g/mol. The van der Waals surface area contributed by atoms with E-state index in [1.54, 1.807) is 12.1 Å². The molecule has 20 heavy (non-hydrogen) atoms. The fourth-order valence-electron chi connectivity index (χ4n) is 2.33. The predicted molar refractivity (Wildman–Crippen MR) is 82.8 cm³/mol. The zero-order valence-corrected chi connectivity index (χ0v) is 12.5. The Morgan fingerprint density at radius 3 is 2.45 bits per heavy atom. The summed E-state index contributed by atoms with van der Waals surface area (Å²) in [5.74, 6) is -0.234. The number of aryl methyl sites for hydroxylation is 1. The first-order chi connectivity index (χ1) is 9.60. The lowest BCUT2D eigenvalue weighted by molar-refractivity contribution is 0.531. The Kier molecular flexibility index (Phi) is 5.16. The fraction of sp³-hybridized carbons (Fsp3) is 0.294. The zero-order chi connectivity index (χ0) is 14.5. The van der Waals surface area contributed by atoms with Crippen LogP contribution < -0.4 is 5.32 Å². The van der Waals surface area contributed by atoms with Gasteiger partial charge in [-0.2, -0.15) is 0 Å². The second-order valence-corrected chi connectivity index (χ2v) is 5.49. The maximum Gasteiger partial charge on any atom is 0.127 e. The molecule has 0 spiro atoms. The molecule has 2 aromatic carbocycles. The minimum absolute atomic E-state index is 0.201. The Labute approximate surface area is 124 Å². The molecule has 0 heterocycles. The smallest absolute Gasteiger partial charge is 0.127 e. The van der Waals surface area contributed by atoms with E-state index in [1.807, 2.05) is 19.2 Å². The summed E-state index contributed by atoms with van der Waals surface area (Å²) in [7, 11) is 1.91. The molecule has 0 saturated carbocycles. The Morgan fingerprint density at radius 2 is 1.80 bits per heavy atom. The van der Waals surface area contributed by atoms with Crippen molar-refractivity contribution >= 4 is 11.6 Å². The third-order valence-corrected chi connectivity index (χ3v) is 3.85. The van der Waals surface area contributed by atoms with Gasteiger partial charge in [0, 0.05) is 11.1 Å². The van der Waals surface area contributed by atoms with Gasteiger partial charge in [-0.15, -0.1) is 0 Å². The maximum atomic E-state index is 13.9. The highest BCUT2D eigenvalue weighted by atomic mass is 35.5. The van der Waals surface area contributed by atoms with Crippen LogP contribution in [-0.4, -0.2) is 13.1 Å². The molecule has 1 atom stereocenters. The van der Waals surface area contributed by atoms with Crippen molar-refractivity contribution in [2.45, 2.75) is 25.8 Å². The van der Waals surface area contributed by atoms with Gasteiger partial charge in [0.15, 0.2) is 0 Å². The number of hydrogen-bond acceptors (Lipinski definition) is 1. The van der Waals surface area contributed by atoms with Gasteiger partial charge in [0.25, 0.3) is 0 Å². The molecule has 2 aromatic rings. The van der Waals surface area contributed by atoms with E-state index in [2.05, 4.69) is 24.4 Å². The van der Waals surface area contributed by atoms with Gasteiger partial charge < -0.3 is 5.32 Å². The van der Waals surface area contributed by atoms with E-state index in [4.69, 9.17) is 11.6 Å². The molecular weight excluding hydrogens is 273 g/mol. The molecule has 0 saturated heterocycles. The molecule has 0 radical (unpaired) electrons. The first-order valence-corrected chi connectivity index (χ1v) is 7.13. The molecule has 0 aliphatic heterocycles. The van der Waals surface area contributed by atoms with Crippen molar-refractivity contribution in [3.05, 3.63) is 70.0 Å². The van der Waals surface area contributed by atoms with E-state index >= 15 is 0 Å². The van der Waals surface area contributed by atoms with Crippen LogP contribution in [0.3, 0.4) is 0 Å². The summed E-state index contributed by atoms with van der Waals surface area (Å²) in [5.41, 5.74) is 3.26. The van der Waals surface area contributed by atoms with Crippen molar-refractivity contribution in [1.82, 2.24) is 5.32 Å². The highest BCUT2D eigenvalue weighted by molar-refractivity contribution is 6.30. The molecule has 3 heteroatoms. The summed E-state index contributed by atoms with van der Waals surface area (Å²) in [6.07, 6.45) is 1.53. The van der Waals surface area contributed by atoms with Gasteiger partial charge in [-0.1, -0.05) is 41.9 Å². The number of nitrogens with one attached hydrogen (secondary N) is 1. The van der Waals surface area contributed by atoms with Gasteiger partial charge in [0.2, 0.25) is 0 Å². The van der Waals surface area contributed by atoms with Crippen molar-refractivity contribution in [3.63, 3.8) is 0 Å². The van der Waals surface area contributed by atoms with Crippen molar-refractivity contribution in [2.24, 2.45) is 0 Å². The van der Waals surface area contributed by atoms with Crippen LogP contribution in [0, 0.1) is 12.7 Å². The maximum absolute atomic E-state index is 13.9. The quantitative estimate of drug-likeness (QED) is 0.872. The molecule has 0 aliphatic rings. The van der Waals surface area contributed by atoms with Gasteiger partial charge in [-0.25, -0.2) is 4.39 Å². The SMILES string of the molecule is CNC(Cc1ccccc1C)Cc1ccc(Cl)cc1F. The lowest BCUT2D eigenvalue weighted by atomic mass is 9.96. The van der Waals surface area contributed by atoms with Crippen molar-refractivity contribution in [2.75, 3.05) is 7.05 Å². The largest absolute Gasteiger partial charge is 0.316 e. The summed E-state index contributed by atoms with van der Waals surface area (Å²) in [6, 6.07) is 13.4. The average Bonchev–Trinajstić information content (AvgIpc) is 2.43. The normalized spacial score (nSPS) is 12.4. The van der Waals surface area contributed by atoms with Crippen LogP contribution in [0.1, 0.15) is 16.7 Å². The van der Waals surface area contributed by atoms with Crippen molar-refractivity contribution < 1.29 is 4.39 Å². The molecule has 0 amide bonds. The Balaban J connectivity index is 2.11. The summed E-state index contributed by atoms with van der Waals surface area (Å²) < 4.78 is 13.9. The van der Waals surface area contributed by atoms with E-state index in [9.17, 15) is 4.39 Å². The number of likely N-dealkylation sites (N-methyl/N-ethyl adjacent to an activating group) is 1. The molecule has 1 unspecified atom stereocenters. The van der Waals surface area contributed by atoms with Crippen molar-refractivity contribution in [3.8, 4) is 0 Å². The van der Waals surface area contributed by atoms with Crippen LogP contribution in [0.15, 0.2) is 42.5 Å². The summed E-state index contributed by atoms with van der Waals surface area (Å²) in [5, 5.41) is 3.70. The minimum Gasteiger partial charge on any atom is -0.316 e. The number of halogens is 2. The molecule has 0 bridgehead atoms. The lowest BCUT2D eigenvalue weighted by Crippen LogP contribution is -2.30. The first kappa shape index (κ1) is 15.0. The predicted octanol–water partition coefficient (Wildman–Crippen LogP) is 4.16. The standard InChI is InChI=1S/C17H19ClFN/c1-12-5-3-4-6-13(12)9-16(20-2)10-14-7-8-15(18)11-17(14)19/h3-8,11,16,20H,9-10H2,1-2H3. The highest BCUT2D eigenvalue weighted by Crippen LogP contribution is 2.18.